The third-order valence-electron chi connectivity index (χ3n) is 6.89. The monoisotopic (exact) mass is 335 g/mol. The van der Waals surface area contributed by atoms with Crippen LogP contribution in [0.4, 0.5) is 0 Å². The van der Waals surface area contributed by atoms with E-state index < -0.39 is 0 Å². The van der Waals surface area contributed by atoms with E-state index in [4.69, 9.17) is 4.74 Å². The molecule has 2 saturated carbocycles. The van der Waals surface area contributed by atoms with Crippen molar-refractivity contribution < 1.29 is 4.74 Å². The lowest BCUT2D eigenvalue weighted by molar-refractivity contribution is 0.00390. The molecule has 0 amide bonds. The molecular formula is C22H41NO. The number of rotatable bonds is 6. The second kappa shape index (κ2) is 10.8. The molecule has 2 aliphatic carbocycles. The van der Waals surface area contributed by atoms with Crippen molar-refractivity contribution in [1.29, 1.82) is 0 Å². The predicted octanol–water partition coefficient (Wildman–Crippen LogP) is 5.80. The van der Waals surface area contributed by atoms with Gasteiger partial charge in [-0.2, -0.15) is 0 Å². The summed E-state index contributed by atoms with van der Waals surface area (Å²) in [6.07, 6.45) is 22.3. The molecular weight excluding hydrogens is 294 g/mol. The zero-order valence-corrected chi connectivity index (χ0v) is 16.0. The largest absolute Gasteiger partial charge is 0.377 e. The van der Waals surface area contributed by atoms with Crippen LogP contribution in [-0.4, -0.2) is 37.2 Å². The maximum Gasteiger partial charge on any atom is 0.0597 e. The highest BCUT2D eigenvalue weighted by atomic mass is 16.5. The Morgan fingerprint density at radius 3 is 1.92 bits per heavy atom. The minimum Gasteiger partial charge on any atom is -0.377 e. The number of hydrogen-bond acceptors (Lipinski definition) is 2. The molecule has 1 aliphatic heterocycles. The molecule has 3 fully saturated rings. The van der Waals surface area contributed by atoms with Gasteiger partial charge in [0.05, 0.1) is 12.7 Å². The van der Waals surface area contributed by atoms with Crippen LogP contribution in [0.5, 0.6) is 0 Å². The van der Waals surface area contributed by atoms with Crippen molar-refractivity contribution in [3.63, 3.8) is 0 Å². The Morgan fingerprint density at radius 1 is 0.625 bits per heavy atom. The average molecular weight is 336 g/mol. The van der Waals surface area contributed by atoms with Crippen LogP contribution in [0.15, 0.2) is 0 Å². The first-order chi connectivity index (χ1) is 11.9. The Bertz CT molecular complexity index is 310. The fraction of sp³-hybridized carbons (Fsp3) is 1.00. The van der Waals surface area contributed by atoms with E-state index in [1.165, 1.54) is 116 Å². The van der Waals surface area contributed by atoms with Crippen LogP contribution < -0.4 is 0 Å². The van der Waals surface area contributed by atoms with Crippen LogP contribution in [0.1, 0.15) is 96.3 Å². The predicted molar refractivity (Wildman–Crippen MR) is 102 cm³/mol. The van der Waals surface area contributed by atoms with Crippen LogP contribution in [0, 0.1) is 11.8 Å². The van der Waals surface area contributed by atoms with Gasteiger partial charge in [0, 0.05) is 6.54 Å². The molecule has 0 aromatic rings. The summed E-state index contributed by atoms with van der Waals surface area (Å²) in [6.45, 7) is 4.74. The van der Waals surface area contributed by atoms with Gasteiger partial charge in [-0.25, -0.2) is 0 Å². The highest BCUT2D eigenvalue weighted by Gasteiger charge is 2.25. The Morgan fingerprint density at radius 2 is 1.21 bits per heavy atom. The lowest BCUT2D eigenvalue weighted by Crippen LogP contribution is -2.32. The third-order valence-corrected chi connectivity index (χ3v) is 6.89. The summed E-state index contributed by atoms with van der Waals surface area (Å²) >= 11 is 0. The van der Waals surface area contributed by atoms with Crippen molar-refractivity contribution in [3.05, 3.63) is 0 Å². The highest BCUT2D eigenvalue weighted by Crippen LogP contribution is 2.35. The minimum absolute atomic E-state index is 0.572. The minimum atomic E-state index is 0.572. The first-order valence-corrected chi connectivity index (χ1v) is 11.2. The Kier molecular flexibility index (Phi) is 8.42. The van der Waals surface area contributed by atoms with Crippen molar-refractivity contribution in [2.24, 2.45) is 11.8 Å². The van der Waals surface area contributed by atoms with E-state index in [-0.39, 0.29) is 0 Å². The van der Waals surface area contributed by atoms with E-state index in [0.29, 0.717) is 6.10 Å². The summed E-state index contributed by atoms with van der Waals surface area (Å²) in [5.74, 6) is 2.08. The smallest absolute Gasteiger partial charge is 0.0597 e. The van der Waals surface area contributed by atoms with Gasteiger partial charge in [-0.05, 0) is 69.9 Å². The maximum absolute atomic E-state index is 6.25. The number of likely N-dealkylation sites (tertiary alicyclic amines) is 1. The second-order valence-electron chi connectivity index (χ2n) is 8.86. The first-order valence-electron chi connectivity index (χ1n) is 11.2. The molecule has 0 aromatic carbocycles. The lowest BCUT2D eigenvalue weighted by atomic mass is 9.77. The molecule has 0 N–H and O–H groups in total. The Hall–Kier alpha value is -0.0800. The average Bonchev–Trinajstić information content (AvgIpc) is 2.59. The number of nitrogens with zero attached hydrogens (tertiary/aromatic N) is 1. The molecule has 0 radical (unpaired) electrons. The summed E-state index contributed by atoms with van der Waals surface area (Å²) in [7, 11) is 0. The van der Waals surface area contributed by atoms with Gasteiger partial charge in [-0.1, -0.05) is 51.4 Å². The SMILES string of the molecule is C1CCCN(CCOC2CCC(CC3CCCCC3)CC2)CCC1. The number of ether oxygens (including phenoxy) is 1. The van der Waals surface area contributed by atoms with Gasteiger partial charge in [0.15, 0.2) is 0 Å². The van der Waals surface area contributed by atoms with Crippen molar-refractivity contribution in [1.82, 2.24) is 4.90 Å². The molecule has 0 aromatic heterocycles. The normalized spacial score (nSPS) is 31.5. The van der Waals surface area contributed by atoms with E-state index in [1.54, 1.807) is 0 Å². The summed E-state index contributed by atoms with van der Waals surface area (Å²) in [5, 5.41) is 0. The fourth-order valence-electron chi connectivity index (χ4n) is 5.31. The molecule has 2 nitrogen and oxygen atoms in total. The Balaban J connectivity index is 1.25. The van der Waals surface area contributed by atoms with Gasteiger partial charge < -0.3 is 9.64 Å². The van der Waals surface area contributed by atoms with Crippen molar-refractivity contribution in [2.45, 2.75) is 102 Å². The van der Waals surface area contributed by atoms with Crippen molar-refractivity contribution >= 4 is 0 Å². The van der Waals surface area contributed by atoms with E-state index in [9.17, 15) is 0 Å². The molecule has 3 rings (SSSR count). The van der Waals surface area contributed by atoms with Crippen LogP contribution in [-0.2, 0) is 4.74 Å². The van der Waals surface area contributed by atoms with Gasteiger partial charge in [0.25, 0.3) is 0 Å². The standard InChI is InChI=1S/C22H41NO/c1-2-7-15-23(16-8-3-1)17-18-24-22-13-11-21(12-14-22)19-20-9-5-4-6-10-20/h20-22H,1-19H2. The molecule has 2 heteroatoms. The topological polar surface area (TPSA) is 12.5 Å². The lowest BCUT2D eigenvalue weighted by Gasteiger charge is -2.32. The summed E-state index contributed by atoms with van der Waals surface area (Å²) in [5.41, 5.74) is 0. The van der Waals surface area contributed by atoms with Crippen LogP contribution >= 0.6 is 0 Å². The Labute approximate surface area is 150 Å². The molecule has 1 saturated heterocycles. The molecule has 24 heavy (non-hydrogen) atoms. The van der Waals surface area contributed by atoms with E-state index in [0.717, 1.165) is 18.4 Å². The summed E-state index contributed by atoms with van der Waals surface area (Å²) < 4.78 is 6.25. The van der Waals surface area contributed by atoms with Crippen LogP contribution in [0.2, 0.25) is 0 Å². The first kappa shape index (κ1) is 18.7. The van der Waals surface area contributed by atoms with Gasteiger partial charge in [0.2, 0.25) is 0 Å². The quantitative estimate of drug-likeness (QED) is 0.608. The van der Waals surface area contributed by atoms with E-state index >= 15 is 0 Å². The van der Waals surface area contributed by atoms with E-state index in [1.807, 2.05) is 0 Å². The maximum atomic E-state index is 6.25. The van der Waals surface area contributed by atoms with Gasteiger partial charge in [-0.15, -0.1) is 0 Å². The molecule has 0 spiro atoms. The zero-order chi connectivity index (χ0) is 16.5. The molecule has 0 atom stereocenters. The molecule has 0 unspecified atom stereocenters. The van der Waals surface area contributed by atoms with E-state index in [2.05, 4.69) is 4.90 Å². The summed E-state index contributed by atoms with van der Waals surface area (Å²) in [6, 6.07) is 0. The number of hydrogen-bond donors (Lipinski definition) is 0. The van der Waals surface area contributed by atoms with Gasteiger partial charge >= 0.3 is 0 Å². The van der Waals surface area contributed by atoms with Crippen molar-refractivity contribution in [3.8, 4) is 0 Å². The second-order valence-corrected chi connectivity index (χ2v) is 8.86. The zero-order valence-electron chi connectivity index (χ0n) is 16.0. The molecule has 140 valence electrons. The van der Waals surface area contributed by atoms with Crippen LogP contribution in [0.25, 0.3) is 0 Å². The van der Waals surface area contributed by atoms with Crippen molar-refractivity contribution in [2.75, 3.05) is 26.2 Å². The highest BCUT2D eigenvalue weighted by molar-refractivity contribution is 4.77. The molecule has 1 heterocycles. The van der Waals surface area contributed by atoms with Gasteiger partial charge in [-0.3, -0.25) is 0 Å². The summed E-state index contributed by atoms with van der Waals surface area (Å²) in [4.78, 5) is 2.65. The molecule has 3 aliphatic rings. The van der Waals surface area contributed by atoms with Crippen LogP contribution in [0.3, 0.4) is 0 Å². The molecule has 0 bridgehead atoms. The fourth-order valence-corrected chi connectivity index (χ4v) is 5.31. The third kappa shape index (κ3) is 6.67. The van der Waals surface area contributed by atoms with Gasteiger partial charge in [0.1, 0.15) is 0 Å².